The summed E-state index contributed by atoms with van der Waals surface area (Å²) < 4.78 is 18.7. The molecule has 1 aliphatic rings. The van der Waals surface area contributed by atoms with E-state index in [0.717, 1.165) is 11.3 Å². The third-order valence-electron chi connectivity index (χ3n) is 3.82. The van der Waals surface area contributed by atoms with Crippen molar-refractivity contribution in [1.82, 2.24) is 5.43 Å². The van der Waals surface area contributed by atoms with Crippen LogP contribution >= 0.6 is 11.8 Å². The second-order valence-corrected chi connectivity index (χ2v) is 6.53. The normalized spacial score (nSPS) is 17.9. The minimum atomic E-state index is -0.260. The van der Waals surface area contributed by atoms with Crippen LogP contribution in [-0.4, -0.2) is 18.1 Å². The van der Waals surface area contributed by atoms with E-state index in [1.165, 1.54) is 44.2 Å². The first kappa shape index (κ1) is 15.6. The number of methoxy groups -OCH3 is 1. The summed E-state index contributed by atoms with van der Waals surface area (Å²) in [7, 11) is 1.60. The van der Waals surface area contributed by atoms with Crippen molar-refractivity contribution in [1.29, 1.82) is 0 Å². The number of hydrogen-bond donors (Lipinski definition) is 2. The molecule has 2 rings (SSSR count). The van der Waals surface area contributed by atoms with Crippen LogP contribution in [0.5, 0.6) is 5.75 Å². The van der Waals surface area contributed by atoms with E-state index < -0.39 is 0 Å². The maximum Gasteiger partial charge on any atom is 0.123 e. The van der Waals surface area contributed by atoms with Crippen molar-refractivity contribution in [3.63, 3.8) is 0 Å². The highest BCUT2D eigenvalue weighted by atomic mass is 32.2. The molecule has 20 heavy (non-hydrogen) atoms. The molecule has 0 spiro atoms. The van der Waals surface area contributed by atoms with Crippen molar-refractivity contribution in [2.75, 3.05) is 12.9 Å². The van der Waals surface area contributed by atoms with Gasteiger partial charge in [-0.3, -0.25) is 11.3 Å². The van der Waals surface area contributed by atoms with Gasteiger partial charge in [-0.25, -0.2) is 4.39 Å². The predicted octanol–water partition coefficient (Wildman–Crippen LogP) is 3.40. The summed E-state index contributed by atoms with van der Waals surface area (Å²) in [6.45, 7) is 0. The molecule has 3 N–H and O–H groups in total. The highest BCUT2D eigenvalue weighted by molar-refractivity contribution is 7.99. The van der Waals surface area contributed by atoms with Gasteiger partial charge < -0.3 is 4.74 Å². The van der Waals surface area contributed by atoms with Gasteiger partial charge in [-0.2, -0.15) is 11.8 Å². The van der Waals surface area contributed by atoms with Gasteiger partial charge in [-0.1, -0.05) is 19.3 Å². The summed E-state index contributed by atoms with van der Waals surface area (Å²) in [6, 6.07) is 4.47. The topological polar surface area (TPSA) is 47.3 Å². The third-order valence-corrected chi connectivity index (χ3v) is 5.29. The molecule has 1 unspecified atom stereocenters. The SMILES string of the molecule is COc1ccc(F)cc1C(CSC1CCCCC1)NN. The zero-order chi connectivity index (χ0) is 14.4. The molecule has 0 saturated heterocycles. The van der Waals surface area contributed by atoms with Crippen molar-refractivity contribution >= 4 is 11.8 Å². The lowest BCUT2D eigenvalue weighted by molar-refractivity contribution is 0.401. The molecule has 0 amide bonds. The molecule has 5 heteroatoms. The average Bonchev–Trinajstić information content (AvgIpc) is 2.49. The van der Waals surface area contributed by atoms with E-state index in [9.17, 15) is 4.39 Å². The minimum Gasteiger partial charge on any atom is -0.496 e. The van der Waals surface area contributed by atoms with Gasteiger partial charge in [-0.05, 0) is 31.0 Å². The number of hydrogen-bond acceptors (Lipinski definition) is 4. The molecule has 0 aliphatic heterocycles. The fraction of sp³-hybridized carbons (Fsp3) is 0.600. The van der Waals surface area contributed by atoms with Gasteiger partial charge in [0.1, 0.15) is 11.6 Å². The number of benzene rings is 1. The fourth-order valence-electron chi connectivity index (χ4n) is 2.67. The molecule has 1 atom stereocenters. The number of hydrazine groups is 1. The van der Waals surface area contributed by atoms with Gasteiger partial charge in [-0.15, -0.1) is 0 Å². The van der Waals surface area contributed by atoms with Gasteiger partial charge in [0.15, 0.2) is 0 Å². The summed E-state index contributed by atoms with van der Waals surface area (Å²) in [5, 5.41) is 0.708. The third kappa shape index (κ3) is 4.11. The summed E-state index contributed by atoms with van der Waals surface area (Å²) in [6.07, 6.45) is 6.56. The minimum absolute atomic E-state index is 0.0902. The van der Waals surface area contributed by atoms with Crippen LogP contribution in [0.15, 0.2) is 18.2 Å². The molecule has 1 aliphatic carbocycles. The van der Waals surface area contributed by atoms with Crippen LogP contribution in [0.1, 0.15) is 43.7 Å². The zero-order valence-electron chi connectivity index (χ0n) is 11.9. The fourth-order valence-corrected chi connectivity index (χ4v) is 4.08. The van der Waals surface area contributed by atoms with Gasteiger partial charge in [0.05, 0.1) is 13.2 Å². The Bertz CT molecular complexity index is 424. The molecule has 112 valence electrons. The number of ether oxygens (including phenoxy) is 1. The van der Waals surface area contributed by atoms with Crippen LogP contribution in [0.3, 0.4) is 0 Å². The van der Waals surface area contributed by atoms with Crippen molar-refractivity contribution in [2.24, 2.45) is 5.84 Å². The highest BCUT2D eigenvalue weighted by Gasteiger charge is 2.20. The Morgan fingerprint density at radius 2 is 2.15 bits per heavy atom. The smallest absolute Gasteiger partial charge is 0.123 e. The zero-order valence-corrected chi connectivity index (χ0v) is 12.7. The number of rotatable bonds is 6. The Morgan fingerprint density at radius 3 is 2.80 bits per heavy atom. The summed E-state index contributed by atoms with van der Waals surface area (Å²) >= 11 is 1.93. The molecule has 1 fully saturated rings. The molecular weight excluding hydrogens is 275 g/mol. The molecule has 3 nitrogen and oxygen atoms in total. The second kappa shape index (κ2) is 7.86. The summed E-state index contributed by atoms with van der Waals surface area (Å²) in [5.74, 6) is 6.91. The Kier molecular flexibility index (Phi) is 6.13. The summed E-state index contributed by atoms with van der Waals surface area (Å²) in [4.78, 5) is 0. The van der Waals surface area contributed by atoms with Crippen LogP contribution < -0.4 is 16.0 Å². The van der Waals surface area contributed by atoms with Crippen LogP contribution in [0.2, 0.25) is 0 Å². The lowest BCUT2D eigenvalue weighted by Gasteiger charge is -2.24. The highest BCUT2D eigenvalue weighted by Crippen LogP contribution is 2.33. The van der Waals surface area contributed by atoms with Crippen LogP contribution in [0.25, 0.3) is 0 Å². The molecule has 1 aromatic rings. The average molecular weight is 298 g/mol. The van der Waals surface area contributed by atoms with Gasteiger partial charge in [0.25, 0.3) is 0 Å². The monoisotopic (exact) mass is 298 g/mol. The van der Waals surface area contributed by atoms with Crippen molar-refractivity contribution < 1.29 is 9.13 Å². The van der Waals surface area contributed by atoms with Crippen molar-refractivity contribution in [3.8, 4) is 5.75 Å². The molecule has 0 bridgehead atoms. The predicted molar refractivity (Wildman–Crippen MR) is 82.3 cm³/mol. The quantitative estimate of drug-likeness (QED) is 0.624. The number of nitrogens with one attached hydrogen (secondary N) is 1. The largest absolute Gasteiger partial charge is 0.496 e. The van der Waals surface area contributed by atoms with Crippen molar-refractivity contribution in [2.45, 2.75) is 43.4 Å². The molecular formula is C15H23FN2OS. The van der Waals surface area contributed by atoms with Gasteiger partial charge >= 0.3 is 0 Å². The molecule has 1 aromatic carbocycles. The first-order valence-electron chi connectivity index (χ1n) is 7.15. The summed E-state index contributed by atoms with van der Waals surface area (Å²) in [5.41, 5.74) is 3.58. The van der Waals surface area contributed by atoms with Crippen LogP contribution in [0, 0.1) is 5.82 Å². The van der Waals surface area contributed by atoms with Crippen LogP contribution in [0.4, 0.5) is 4.39 Å². The lowest BCUT2D eigenvalue weighted by atomic mass is 10.0. The van der Waals surface area contributed by atoms with Crippen molar-refractivity contribution in [3.05, 3.63) is 29.6 Å². The molecule has 1 saturated carbocycles. The first-order chi connectivity index (χ1) is 9.74. The molecule has 0 radical (unpaired) electrons. The van der Waals surface area contributed by atoms with Gasteiger partial charge in [0, 0.05) is 16.6 Å². The van der Waals surface area contributed by atoms with E-state index in [-0.39, 0.29) is 11.9 Å². The molecule has 0 aromatic heterocycles. The standard InChI is InChI=1S/C15H23FN2OS/c1-19-15-8-7-11(16)9-13(15)14(18-17)10-20-12-5-3-2-4-6-12/h7-9,12,14,18H,2-6,10,17H2,1H3. The van der Waals surface area contributed by atoms with Crippen LogP contribution in [-0.2, 0) is 0 Å². The first-order valence-corrected chi connectivity index (χ1v) is 8.20. The number of thioether (sulfide) groups is 1. The van der Waals surface area contributed by atoms with E-state index in [2.05, 4.69) is 5.43 Å². The maximum absolute atomic E-state index is 13.4. The van der Waals surface area contributed by atoms with E-state index in [1.54, 1.807) is 13.2 Å². The second-order valence-electron chi connectivity index (χ2n) is 5.20. The Balaban J connectivity index is 2.01. The van der Waals surface area contributed by atoms with E-state index in [4.69, 9.17) is 10.6 Å². The van der Waals surface area contributed by atoms with Gasteiger partial charge in [0.2, 0.25) is 0 Å². The number of nitrogens with two attached hydrogens (primary N) is 1. The Hall–Kier alpha value is -0.780. The van der Waals surface area contributed by atoms with E-state index in [1.807, 2.05) is 11.8 Å². The van der Waals surface area contributed by atoms with E-state index in [0.29, 0.717) is 11.0 Å². The number of halogens is 1. The lowest BCUT2D eigenvalue weighted by Crippen LogP contribution is -2.30. The maximum atomic E-state index is 13.4. The Labute approximate surface area is 124 Å². The Morgan fingerprint density at radius 1 is 1.40 bits per heavy atom. The molecule has 0 heterocycles. The van der Waals surface area contributed by atoms with E-state index >= 15 is 0 Å².